The molecule has 1 aliphatic carbocycles. The van der Waals surface area contributed by atoms with Crippen LogP contribution in [0.15, 0.2) is 51.9 Å². The molecular formula is C21H23N3O5S. The Balaban J connectivity index is 2.05. The van der Waals surface area contributed by atoms with Crippen molar-refractivity contribution in [3.8, 4) is 0 Å². The monoisotopic (exact) mass is 429 g/mol. The highest BCUT2D eigenvalue weighted by molar-refractivity contribution is 8.00. The molecule has 0 radical (unpaired) electrons. The van der Waals surface area contributed by atoms with Crippen molar-refractivity contribution in [3.63, 3.8) is 0 Å². The highest BCUT2D eigenvalue weighted by atomic mass is 32.2. The number of carbonyl (C=O) groups is 4. The van der Waals surface area contributed by atoms with Crippen molar-refractivity contribution >= 4 is 41.3 Å². The van der Waals surface area contributed by atoms with Gasteiger partial charge in [0.2, 0.25) is 17.8 Å². The number of allylic oxidation sites excluding steroid dienone is 1. The van der Waals surface area contributed by atoms with Gasteiger partial charge < -0.3 is 4.74 Å². The summed E-state index contributed by atoms with van der Waals surface area (Å²) in [5, 5.41) is 4.99. The maximum Gasteiger partial charge on any atom is 0.303 e. The molecule has 2 aliphatic rings. The summed E-state index contributed by atoms with van der Waals surface area (Å²) < 4.78 is 5.46. The van der Waals surface area contributed by atoms with Crippen LogP contribution < -0.4 is 10.6 Å². The van der Waals surface area contributed by atoms with Gasteiger partial charge >= 0.3 is 5.97 Å². The maximum absolute atomic E-state index is 13.6. The number of hydrogen-bond acceptors (Lipinski definition) is 7. The molecule has 1 aliphatic heterocycles. The zero-order valence-corrected chi connectivity index (χ0v) is 17.7. The van der Waals surface area contributed by atoms with E-state index in [2.05, 4.69) is 15.6 Å². The van der Waals surface area contributed by atoms with Crippen molar-refractivity contribution in [1.82, 2.24) is 10.6 Å². The van der Waals surface area contributed by atoms with Crippen LogP contribution >= 0.6 is 11.8 Å². The Labute approximate surface area is 178 Å². The fourth-order valence-corrected chi connectivity index (χ4v) is 4.58. The number of nitrogens with one attached hydrogen (secondary N) is 2. The van der Waals surface area contributed by atoms with Gasteiger partial charge in [0.25, 0.3) is 0 Å². The lowest BCUT2D eigenvalue weighted by molar-refractivity contribution is -0.154. The van der Waals surface area contributed by atoms with E-state index in [0.717, 1.165) is 10.5 Å². The summed E-state index contributed by atoms with van der Waals surface area (Å²) in [6.45, 7) is 4.32. The number of Topliss-reactive ketones (excluding diaryl/α,β-unsaturated/α-hetero) is 1. The normalized spacial score (nSPS) is 25.2. The van der Waals surface area contributed by atoms with Crippen LogP contribution in [-0.2, 0) is 23.9 Å². The smallest absolute Gasteiger partial charge is 0.303 e. The van der Waals surface area contributed by atoms with Gasteiger partial charge in [-0.15, -0.1) is 11.8 Å². The van der Waals surface area contributed by atoms with E-state index < -0.39 is 35.3 Å². The number of amides is 2. The quantitative estimate of drug-likeness (QED) is 0.418. The number of hydrogen-bond donors (Lipinski definition) is 2. The second-order valence-electron chi connectivity index (χ2n) is 7.28. The van der Waals surface area contributed by atoms with E-state index in [1.54, 1.807) is 6.08 Å². The zero-order valence-electron chi connectivity index (χ0n) is 16.9. The highest BCUT2D eigenvalue weighted by Gasteiger charge is 2.59. The topological polar surface area (TPSA) is 114 Å². The van der Waals surface area contributed by atoms with Crippen LogP contribution in [0, 0.1) is 5.92 Å². The van der Waals surface area contributed by atoms with Gasteiger partial charge in [-0.25, -0.2) is 4.99 Å². The highest BCUT2D eigenvalue weighted by Crippen LogP contribution is 2.42. The van der Waals surface area contributed by atoms with Crippen molar-refractivity contribution in [1.29, 1.82) is 0 Å². The molecule has 0 bridgehead atoms. The summed E-state index contributed by atoms with van der Waals surface area (Å²) in [6.07, 6.45) is 0.908. The van der Waals surface area contributed by atoms with E-state index in [4.69, 9.17) is 4.74 Å². The predicted octanol–water partition coefficient (Wildman–Crippen LogP) is 1.61. The van der Waals surface area contributed by atoms with Crippen molar-refractivity contribution in [3.05, 3.63) is 42.0 Å². The van der Waals surface area contributed by atoms with E-state index >= 15 is 0 Å². The fraction of sp³-hybridized carbons (Fsp3) is 0.381. The minimum absolute atomic E-state index is 0.0231. The van der Waals surface area contributed by atoms with Crippen LogP contribution in [0.2, 0.25) is 0 Å². The third-order valence-corrected chi connectivity index (χ3v) is 5.94. The number of guanidine groups is 1. The van der Waals surface area contributed by atoms with Crippen LogP contribution in [0.1, 0.15) is 27.2 Å². The molecule has 3 atom stereocenters. The maximum atomic E-state index is 13.6. The molecule has 0 fully saturated rings. The Morgan fingerprint density at radius 2 is 1.97 bits per heavy atom. The van der Waals surface area contributed by atoms with E-state index in [-0.39, 0.29) is 17.5 Å². The lowest BCUT2D eigenvalue weighted by Crippen LogP contribution is -2.66. The molecule has 2 unspecified atom stereocenters. The van der Waals surface area contributed by atoms with Gasteiger partial charge in [0.05, 0.1) is 11.7 Å². The van der Waals surface area contributed by atoms with Crippen molar-refractivity contribution in [2.75, 3.05) is 5.75 Å². The summed E-state index contributed by atoms with van der Waals surface area (Å²) in [6, 6.07) is 9.36. The largest absolute Gasteiger partial charge is 0.455 e. The predicted molar refractivity (Wildman–Crippen MR) is 112 cm³/mol. The second-order valence-corrected chi connectivity index (χ2v) is 8.33. The average Bonchev–Trinajstić information content (AvgIpc) is 2.67. The molecule has 1 aromatic rings. The minimum Gasteiger partial charge on any atom is -0.455 e. The number of esters is 1. The third kappa shape index (κ3) is 4.46. The molecule has 8 nitrogen and oxygen atoms in total. The second kappa shape index (κ2) is 8.83. The first kappa shape index (κ1) is 21.8. The SMILES string of the molecule is CC(=O)NC1=N[C@]2(C(=O)CSc3ccccc3)C(OC(C)=O)C=C(C)CC2C(=O)N1. The van der Waals surface area contributed by atoms with Gasteiger partial charge in [0.1, 0.15) is 0 Å². The van der Waals surface area contributed by atoms with Gasteiger partial charge in [-0.2, -0.15) is 0 Å². The zero-order chi connectivity index (χ0) is 21.9. The first-order valence-electron chi connectivity index (χ1n) is 9.46. The number of nitrogens with zero attached hydrogens (tertiary/aromatic N) is 1. The average molecular weight is 429 g/mol. The summed E-state index contributed by atoms with van der Waals surface area (Å²) in [4.78, 5) is 55.2. The van der Waals surface area contributed by atoms with Gasteiger partial charge in [-0.05, 0) is 31.6 Å². The van der Waals surface area contributed by atoms with Gasteiger partial charge in [0.15, 0.2) is 17.4 Å². The molecule has 0 aromatic heterocycles. The van der Waals surface area contributed by atoms with Gasteiger partial charge in [-0.3, -0.25) is 29.8 Å². The molecule has 0 saturated carbocycles. The molecule has 0 saturated heterocycles. The summed E-state index contributed by atoms with van der Waals surface area (Å²) in [5.41, 5.74) is -0.828. The van der Waals surface area contributed by atoms with E-state index in [9.17, 15) is 19.2 Å². The Hall–Kier alpha value is -2.94. The van der Waals surface area contributed by atoms with Gasteiger partial charge in [0, 0.05) is 18.7 Å². The van der Waals surface area contributed by atoms with Crippen LogP contribution in [0.25, 0.3) is 0 Å². The van der Waals surface area contributed by atoms with Crippen LogP contribution in [0.5, 0.6) is 0 Å². The van der Waals surface area contributed by atoms with Crippen molar-refractivity contribution in [2.45, 2.75) is 43.7 Å². The molecular weight excluding hydrogens is 406 g/mol. The Morgan fingerprint density at radius 1 is 1.27 bits per heavy atom. The first-order valence-corrected chi connectivity index (χ1v) is 10.4. The number of aliphatic imine (C=N–C) groups is 1. The number of fused-ring (bicyclic) bond motifs is 1. The number of carbonyl (C=O) groups excluding carboxylic acids is 4. The van der Waals surface area contributed by atoms with Crippen LogP contribution in [0.4, 0.5) is 0 Å². The van der Waals surface area contributed by atoms with Crippen molar-refractivity contribution in [2.24, 2.45) is 10.9 Å². The van der Waals surface area contributed by atoms with Gasteiger partial charge in [-0.1, -0.05) is 23.8 Å². The molecule has 0 spiro atoms. The number of ketones is 1. The Morgan fingerprint density at radius 3 is 2.60 bits per heavy atom. The summed E-state index contributed by atoms with van der Waals surface area (Å²) >= 11 is 1.31. The minimum atomic E-state index is -1.65. The molecule has 30 heavy (non-hydrogen) atoms. The van der Waals surface area contributed by atoms with Crippen LogP contribution in [-0.4, -0.2) is 46.9 Å². The fourth-order valence-electron chi connectivity index (χ4n) is 3.71. The van der Waals surface area contributed by atoms with Crippen LogP contribution in [0.3, 0.4) is 0 Å². The number of thioether (sulfide) groups is 1. The molecule has 158 valence electrons. The Bertz CT molecular complexity index is 943. The van der Waals surface area contributed by atoms with E-state index in [0.29, 0.717) is 6.42 Å². The summed E-state index contributed by atoms with van der Waals surface area (Å²) in [7, 11) is 0. The lowest BCUT2D eigenvalue weighted by atomic mass is 9.68. The molecule has 1 aromatic carbocycles. The van der Waals surface area contributed by atoms with E-state index in [1.807, 2.05) is 37.3 Å². The molecule has 2 N–H and O–H groups in total. The third-order valence-electron chi connectivity index (χ3n) is 4.93. The van der Waals surface area contributed by atoms with E-state index in [1.165, 1.54) is 25.6 Å². The number of ether oxygens (including phenoxy) is 1. The number of rotatable bonds is 5. The van der Waals surface area contributed by atoms with Crippen molar-refractivity contribution < 1.29 is 23.9 Å². The lowest BCUT2D eigenvalue weighted by Gasteiger charge is -2.45. The number of benzene rings is 1. The molecule has 9 heteroatoms. The molecule has 3 rings (SSSR count). The molecule has 1 heterocycles. The molecule has 2 amide bonds. The Kier molecular flexibility index (Phi) is 6.40. The first-order chi connectivity index (χ1) is 14.2. The summed E-state index contributed by atoms with van der Waals surface area (Å²) in [5.74, 6) is -2.78. The standard InChI is InChI=1S/C21H23N3O5S/c1-12-9-16-19(28)23-20(22-13(2)25)24-21(16,18(10-12)29-14(3)26)17(27)11-30-15-7-5-4-6-8-15/h4-8,10,16,18H,9,11H2,1-3H3,(H2,22,23,24,25,28)/t16?,18?,21-/m1/s1.